The van der Waals surface area contributed by atoms with E-state index in [-0.39, 0.29) is 0 Å². The SMILES string of the molecule is Cc1c(O[Si])n(C(=O)O)c2ccccc12. The van der Waals surface area contributed by atoms with Crippen LogP contribution in [0, 0.1) is 6.92 Å². The van der Waals surface area contributed by atoms with E-state index in [0.717, 1.165) is 15.5 Å². The molecule has 0 unspecified atom stereocenters. The zero-order valence-electron chi connectivity index (χ0n) is 8.02. The molecule has 5 heteroatoms. The molecule has 75 valence electrons. The van der Waals surface area contributed by atoms with Crippen molar-refractivity contribution in [3.05, 3.63) is 29.8 Å². The average Bonchev–Trinajstić information content (AvgIpc) is 2.52. The minimum atomic E-state index is -1.06. The maximum Gasteiger partial charge on any atom is 0.418 e. The third-order valence-corrected chi connectivity index (χ3v) is 2.55. The van der Waals surface area contributed by atoms with Crippen LogP contribution in [0.3, 0.4) is 0 Å². The molecular weight excluding hydrogens is 210 g/mol. The maximum atomic E-state index is 11.1. The second-order valence-corrected chi connectivity index (χ2v) is 3.37. The highest BCUT2D eigenvalue weighted by Gasteiger charge is 2.17. The van der Waals surface area contributed by atoms with E-state index in [1.165, 1.54) is 0 Å². The van der Waals surface area contributed by atoms with Crippen molar-refractivity contribution in [1.29, 1.82) is 0 Å². The number of carboxylic acid groups (broad SMARTS) is 1. The smallest absolute Gasteiger partial charge is 0.418 e. The second kappa shape index (κ2) is 3.43. The van der Waals surface area contributed by atoms with Crippen molar-refractivity contribution < 1.29 is 14.3 Å². The van der Waals surface area contributed by atoms with Gasteiger partial charge in [-0.05, 0) is 13.0 Å². The summed E-state index contributed by atoms with van der Waals surface area (Å²) in [4.78, 5) is 11.1. The van der Waals surface area contributed by atoms with Crippen LogP contribution in [0.15, 0.2) is 24.3 Å². The average molecular weight is 218 g/mol. The zero-order valence-corrected chi connectivity index (χ0v) is 9.02. The molecule has 0 saturated heterocycles. The first-order chi connectivity index (χ1) is 7.16. The molecule has 1 aromatic heterocycles. The lowest BCUT2D eigenvalue weighted by atomic mass is 10.2. The van der Waals surface area contributed by atoms with Gasteiger partial charge in [0.1, 0.15) is 0 Å². The van der Waals surface area contributed by atoms with E-state index in [9.17, 15) is 4.79 Å². The van der Waals surface area contributed by atoms with Gasteiger partial charge in [-0.15, -0.1) is 0 Å². The molecule has 2 aromatic rings. The van der Waals surface area contributed by atoms with Gasteiger partial charge in [-0.1, -0.05) is 18.2 Å². The van der Waals surface area contributed by atoms with Crippen molar-refractivity contribution in [2.45, 2.75) is 6.92 Å². The zero-order chi connectivity index (χ0) is 11.0. The summed E-state index contributed by atoms with van der Waals surface area (Å²) in [7, 11) is 2.87. The summed E-state index contributed by atoms with van der Waals surface area (Å²) in [5.41, 5.74) is 1.42. The lowest BCUT2D eigenvalue weighted by Crippen LogP contribution is -2.09. The maximum absolute atomic E-state index is 11.1. The Hall–Kier alpha value is -1.75. The second-order valence-electron chi connectivity index (χ2n) is 3.17. The highest BCUT2D eigenvalue weighted by molar-refractivity contribution is 6.02. The van der Waals surface area contributed by atoms with E-state index < -0.39 is 6.09 Å². The number of rotatable bonds is 1. The molecule has 0 spiro atoms. The standard InChI is InChI=1S/C10H8NO3Si/c1-6-7-4-2-3-5-8(7)11(10(12)13)9(6)14-15/h2-5H,1H3,(H,12,13). The van der Waals surface area contributed by atoms with Crippen LogP contribution in [0.2, 0.25) is 0 Å². The van der Waals surface area contributed by atoms with Gasteiger partial charge in [0.05, 0.1) is 5.52 Å². The first-order valence-corrected chi connectivity index (χ1v) is 4.74. The van der Waals surface area contributed by atoms with Gasteiger partial charge in [0.15, 0.2) is 5.88 Å². The monoisotopic (exact) mass is 218 g/mol. The van der Waals surface area contributed by atoms with Crippen LogP contribution >= 0.6 is 0 Å². The number of aromatic nitrogens is 1. The number of hydrogen-bond donors (Lipinski definition) is 1. The molecule has 0 atom stereocenters. The molecule has 0 amide bonds. The van der Waals surface area contributed by atoms with Crippen molar-refractivity contribution in [2.24, 2.45) is 0 Å². The summed E-state index contributed by atoms with van der Waals surface area (Å²) in [5.74, 6) is 0.292. The first kappa shape index (κ1) is 9.79. The van der Waals surface area contributed by atoms with Crippen molar-refractivity contribution in [1.82, 2.24) is 4.57 Å². The summed E-state index contributed by atoms with van der Waals surface area (Å²) >= 11 is 0. The molecule has 0 aliphatic heterocycles. The molecule has 1 N–H and O–H groups in total. The van der Waals surface area contributed by atoms with E-state index in [2.05, 4.69) is 10.5 Å². The molecular formula is C10H8NO3Si. The van der Waals surface area contributed by atoms with Gasteiger partial charge in [0.25, 0.3) is 0 Å². The topological polar surface area (TPSA) is 51.5 Å². The molecule has 0 fully saturated rings. The van der Waals surface area contributed by atoms with E-state index >= 15 is 0 Å². The fraction of sp³-hybridized carbons (Fsp3) is 0.100. The molecule has 4 nitrogen and oxygen atoms in total. The Morgan fingerprint density at radius 1 is 1.47 bits per heavy atom. The molecule has 1 aromatic carbocycles. The number of aryl methyl sites for hydroxylation is 1. The van der Waals surface area contributed by atoms with Crippen LogP contribution in [-0.2, 0) is 0 Å². The molecule has 15 heavy (non-hydrogen) atoms. The predicted octanol–water partition coefficient (Wildman–Crippen LogP) is 1.94. The lowest BCUT2D eigenvalue weighted by Gasteiger charge is -2.03. The Labute approximate surface area is 89.6 Å². The minimum absolute atomic E-state index is 0.292. The summed E-state index contributed by atoms with van der Waals surface area (Å²) in [6.07, 6.45) is -1.06. The third kappa shape index (κ3) is 1.32. The Morgan fingerprint density at radius 3 is 2.73 bits per heavy atom. The van der Waals surface area contributed by atoms with Gasteiger partial charge in [0, 0.05) is 10.9 Å². The Morgan fingerprint density at radius 2 is 2.13 bits per heavy atom. The van der Waals surface area contributed by atoms with Crippen LogP contribution in [0.1, 0.15) is 5.56 Å². The number of nitrogens with zero attached hydrogens (tertiary/aromatic N) is 1. The molecule has 0 aliphatic carbocycles. The van der Waals surface area contributed by atoms with Crippen LogP contribution in [0.4, 0.5) is 4.79 Å². The van der Waals surface area contributed by atoms with E-state index in [0.29, 0.717) is 11.4 Å². The van der Waals surface area contributed by atoms with Crippen molar-refractivity contribution >= 4 is 27.5 Å². The van der Waals surface area contributed by atoms with E-state index in [4.69, 9.17) is 9.53 Å². The Bertz CT molecular complexity index is 533. The quantitative estimate of drug-likeness (QED) is 0.744. The van der Waals surface area contributed by atoms with Crippen molar-refractivity contribution in [3.8, 4) is 5.88 Å². The Kier molecular flexibility index (Phi) is 2.24. The van der Waals surface area contributed by atoms with Gasteiger partial charge in [-0.3, -0.25) is 0 Å². The van der Waals surface area contributed by atoms with Crippen LogP contribution in [-0.4, -0.2) is 26.3 Å². The summed E-state index contributed by atoms with van der Waals surface area (Å²) in [6, 6.07) is 7.25. The molecule has 1 heterocycles. The number of para-hydroxylation sites is 1. The summed E-state index contributed by atoms with van der Waals surface area (Å²) in [5, 5.41) is 9.94. The summed E-state index contributed by atoms with van der Waals surface area (Å²) < 4.78 is 6.02. The van der Waals surface area contributed by atoms with Gasteiger partial charge in [-0.2, -0.15) is 0 Å². The number of carbonyl (C=O) groups is 1. The first-order valence-electron chi connectivity index (χ1n) is 4.33. The number of benzene rings is 1. The van der Waals surface area contributed by atoms with Gasteiger partial charge in [0.2, 0.25) is 0 Å². The number of fused-ring (bicyclic) bond motifs is 1. The lowest BCUT2D eigenvalue weighted by molar-refractivity contribution is 0.196. The highest BCUT2D eigenvalue weighted by atomic mass is 28.2. The molecule has 0 bridgehead atoms. The van der Waals surface area contributed by atoms with E-state index in [1.54, 1.807) is 12.1 Å². The minimum Gasteiger partial charge on any atom is -0.528 e. The molecule has 0 saturated carbocycles. The molecule has 3 radical (unpaired) electrons. The van der Waals surface area contributed by atoms with E-state index in [1.807, 2.05) is 19.1 Å². The third-order valence-electron chi connectivity index (χ3n) is 2.36. The van der Waals surface area contributed by atoms with Crippen LogP contribution in [0.5, 0.6) is 5.88 Å². The van der Waals surface area contributed by atoms with Gasteiger partial charge in [-0.25, -0.2) is 9.36 Å². The number of hydrogen-bond acceptors (Lipinski definition) is 2. The van der Waals surface area contributed by atoms with Gasteiger partial charge < -0.3 is 9.53 Å². The Balaban J connectivity index is 2.91. The molecule has 2 rings (SSSR count). The molecule has 0 aliphatic rings. The summed E-state index contributed by atoms with van der Waals surface area (Å²) in [6.45, 7) is 1.82. The van der Waals surface area contributed by atoms with Crippen LogP contribution < -0.4 is 4.43 Å². The fourth-order valence-corrected chi connectivity index (χ4v) is 1.93. The van der Waals surface area contributed by atoms with Crippen molar-refractivity contribution in [2.75, 3.05) is 0 Å². The normalized spacial score (nSPS) is 10.5. The predicted molar refractivity (Wildman–Crippen MR) is 56.5 cm³/mol. The fourth-order valence-electron chi connectivity index (χ4n) is 1.69. The largest absolute Gasteiger partial charge is 0.528 e. The van der Waals surface area contributed by atoms with Crippen molar-refractivity contribution in [3.63, 3.8) is 0 Å². The highest BCUT2D eigenvalue weighted by Crippen LogP contribution is 2.30. The van der Waals surface area contributed by atoms with Crippen LogP contribution in [0.25, 0.3) is 10.9 Å². The van der Waals surface area contributed by atoms with Gasteiger partial charge >= 0.3 is 16.6 Å².